The number of ether oxygens (including phenoxy) is 1. The highest BCUT2D eigenvalue weighted by Crippen LogP contribution is 2.31. The van der Waals surface area contributed by atoms with Crippen LogP contribution in [-0.4, -0.2) is 75.2 Å². The van der Waals surface area contributed by atoms with Crippen LogP contribution in [0.4, 0.5) is 4.79 Å². The molecule has 3 aliphatic rings. The van der Waals surface area contributed by atoms with Crippen molar-refractivity contribution in [3.63, 3.8) is 0 Å². The minimum absolute atomic E-state index is 0.0180. The lowest BCUT2D eigenvalue weighted by molar-refractivity contribution is 0.115. The fourth-order valence-corrected chi connectivity index (χ4v) is 6.12. The minimum atomic E-state index is -0.185. The molecule has 5 nitrogen and oxygen atoms in total. The smallest absolute Gasteiger partial charge is 0.410 e. The van der Waals surface area contributed by atoms with E-state index in [1.54, 1.807) is 6.20 Å². The van der Waals surface area contributed by atoms with Crippen LogP contribution in [0.25, 0.3) is 0 Å². The quantitative estimate of drug-likeness (QED) is 0.829. The molecule has 0 spiro atoms. The van der Waals surface area contributed by atoms with Gasteiger partial charge < -0.3 is 4.74 Å². The van der Waals surface area contributed by atoms with Gasteiger partial charge in [0.1, 0.15) is 6.10 Å². The SMILES string of the molecule is O=C1O[C@@H]2CN(C3CSCCSC3)C[C@@H]2N1Cc1ccccn1. The summed E-state index contributed by atoms with van der Waals surface area (Å²) in [7, 11) is 0. The van der Waals surface area contributed by atoms with Gasteiger partial charge in [-0.15, -0.1) is 0 Å². The van der Waals surface area contributed by atoms with Crippen LogP contribution >= 0.6 is 23.5 Å². The summed E-state index contributed by atoms with van der Waals surface area (Å²) < 4.78 is 5.63. The van der Waals surface area contributed by atoms with Gasteiger partial charge in [-0.1, -0.05) is 6.07 Å². The third-order valence-corrected chi connectivity index (χ3v) is 7.20. The van der Waals surface area contributed by atoms with Crippen molar-refractivity contribution in [3.8, 4) is 0 Å². The zero-order valence-corrected chi connectivity index (χ0v) is 14.6. The highest BCUT2D eigenvalue weighted by Gasteiger charge is 2.48. The molecule has 7 heteroatoms. The molecule has 124 valence electrons. The number of carbonyl (C=O) groups excluding carboxylic acids is 1. The molecule has 4 heterocycles. The van der Waals surface area contributed by atoms with E-state index in [9.17, 15) is 4.79 Å². The number of aromatic nitrogens is 1. The second-order valence-electron chi connectivity index (χ2n) is 6.20. The number of carbonyl (C=O) groups is 1. The lowest BCUT2D eigenvalue weighted by Gasteiger charge is -2.28. The van der Waals surface area contributed by atoms with Gasteiger partial charge in [-0.05, 0) is 12.1 Å². The van der Waals surface area contributed by atoms with Gasteiger partial charge in [-0.3, -0.25) is 14.8 Å². The van der Waals surface area contributed by atoms with Crippen LogP contribution < -0.4 is 0 Å². The van der Waals surface area contributed by atoms with Crippen molar-refractivity contribution in [1.29, 1.82) is 0 Å². The molecule has 0 radical (unpaired) electrons. The number of hydrogen-bond donors (Lipinski definition) is 0. The van der Waals surface area contributed by atoms with E-state index >= 15 is 0 Å². The van der Waals surface area contributed by atoms with Gasteiger partial charge in [-0.25, -0.2) is 4.79 Å². The van der Waals surface area contributed by atoms with Crippen LogP contribution in [0, 0.1) is 0 Å². The van der Waals surface area contributed by atoms with Gasteiger partial charge in [0.15, 0.2) is 0 Å². The Morgan fingerprint density at radius 1 is 1.22 bits per heavy atom. The first-order valence-electron chi connectivity index (χ1n) is 8.08. The van der Waals surface area contributed by atoms with E-state index < -0.39 is 0 Å². The van der Waals surface area contributed by atoms with Crippen LogP contribution in [-0.2, 0) is 11.3 Å². The molecule has 3 saturated heterocycles. The van der Waals surface area contributed by atoms with Crippen molar-refractivity contribution in [2.45, 2.75) is 24.7 Å². The van der Waals surface area contributed by atoms with Gasteiger partial charge in [0.2, 0.25) is 0 Å². The van der Waals surface area contributed by atoms with Crippen molar-refractivity contribution in [3.05, 3.63) is 30.1 Å². The molecule has 2 atom stereocenters. The summed E-state index contributed by atoms with van der Waals surface area (Å²) in [6.07, 6.45) is 1.61. The van der Waals surface area contributed by atoms with Gasteiger partial charge in [0.05, 0.1) is 18.3 Å². The number of nitrogens with zero attached hydrogens (tertiary/aromatic N) is 3. The second kappa shape index (κ2) is 6.91. The molecular formula is C16H21N3O2S2. The van der Waals surface area contributed by atoms with Crippen LogP contribution in [0.3, 0.4) is 0 Å². The van der Waals surface area contributed by atoms with Crippen LogP contribution in [0.2, 0.25) is 0 Å². The number of rotatable bonds is 3. The van der Waals surface area contributed by atoms with Crippen LogP contribution in [0.1, 0.15) is 5.69 Å². The summed E-state index contributed by atoms with van der Waals surface area (Å²) in [6.45, 7) is 2.35. The van der Waals surface area contributed by atoms with Gasteiger partial charge in [0, 0.05) is 48.3 Å². The number of likely N-dealkylation sites (tertiary alicyclic amines) is 1. The zero-order valence-electron chi connectivity index (χ0n) is 13.0. The summed E-state index contributed by atoms with van der Waals surface area (Å²) in [5.74, 6) is 4.90. The highest BCUT2D eigenvalue weighted by atomic mass is 32.2. The fraction of sp³-hybridized carbons (Fsp3) is 0.625. The molecule has 0 N–H and O–H groups in total. The fourth-order valence-electron chi connectivity index (χ4n) is 3.49. The molecule has 0 saturated carbocycles. The number of pyridine rings is 1. The Balaban J connectivity index is 1.43. The number of thioether (sulfide) groups is 2. The first-order valence-corrected chi connectivity index (χ1v) is 10.4. The van der Waals surface area contributed by atoms with E-state index in [0.29, 0.717) is 12.6 Å². The molecule has 4 rings (SSSR count). The van der Waals surface area contributed by atoms with Crippen molar-refractivity contribution < 1.29 is 9.53 Å². The predicted octanol–water partition coefficient (Wildman–Crippen LogP) is 1.94. The number of hydrogen-bond acceptors (Lipinski definition) is 6. The van der Waals surface area contributed by atoms with Gasteiger partial charge in [0.25, 0.3) is 0 Å². The predicted molar refractivity (Wildman–Crippen MR) is 93.8 cm³/mol. The Morgan fingerprint density at radius 2 is 2.04 bits per heavy atom. The van der Waals surface area contributed by atoms with E-state index in [0.717, 1.165) is 18.8 Å². The normalized spacial score (nSPS) is 29.4. The molecule has 1 aromatic rings. The van der Waals surface area contributed by atoms with Crippen molar-refractivity contribution >= 4 is 29.6 Å². The Kier molecular flexibility index (Phi) is 4.68. The molecule has 3 aliphatic heterocycles. The van der Waals surface area contributed by atoms with Crippen molar-refractivity contribution in [2.75, 3.05) is 36.1 Å². The third kappa shape index (κ3) is 3.32. The van der Waals surface area contributed by atoms with E-state index in [-0.39, 0.29) is 18.2 Å². The monoisotopic (exact) mass is 351 g/mol. The molecule has 23 heavy (non-hydrogen) atoms. The zero-order chi connectivity index (χ0) is 15.6. The number of fused-ring (bicyclic) bond motifs is 1. The molecule has 3 fully saturated rings. The van der Waals surface area contributed by atoms with E-state index in [4.69, 9.17) is 4.74 Å². The highest BCUT2D eigenvalue weighted by molar-refractivity contribution is 8.03. The molecule has 1 amide bonds. The summed E-state index contributed by atoms with van der Waals surface area (Å²) >= 11 is 4.10. The van der Waals surface area contributed by atoms with Crippen molar-refractivity contribution in [1.82, 2.24) is 14.8 Å². The maximum absolute atomic E-state index is 12.2. The molecular weight excluding hydrogens is 330 g/mol. The maximum atomic E-state index is 12.2. The Bertz CT molecular complexity index is 552. The van der Waals surface area contributed by atoms with Crippen LogP contribution in [0.15, 0.2) is 24.4 Å². The summed E-state index contributed by atoms with van der Waals surface area (Å²) in [5.41, 5.74) is 0.920. The first-order chi connectivity index (χ1) is 11.3. The lowest BCUT2D eigenvalue weighted by atomic mass is 10.2. The number of amides is 1. The van der Waals surface area contributed by atoms with Crippen LogP contribution in [0.5, 0.6) is 0 Å². The minimum Gasteiger partial charge on any atom is -0.442 e. The summed E-state index contributed by atoms with van der Waals surface area (Å²) in [4.78, 5) is 20.9. The standard InChI is InChI=1S/C16H21N3O2S2/c20-16-19(7-12-3-1-2-4-17-12)14-8-18(9-15(14)21-16)13-10-22-5-6-23-11-13/h1-4,13-15H,5-11H2/t14-,15+/m0/s1. The van der Waals surface area contributed by atoms with E-state index in [1.165, 1.54) is 23.0 Å². The molecule has 0 aliphatic carbocycles. The van der Waals surface area contributed by atoms with Crippen molar-refractivity contribution in [2.24, 2.45) is 0 Å². The average molecular weight is 351 g/mol. The van der Waals surface area contributed by atoms with E-state index in [2.05, 4.69) is 9.88 Å². The topological polar surface area (TPSA) is 45.7 Å². The second-order valence-corrected chi connectivity index (χ2v) is 8.50. The first kappa shape index (κ1) is 15.6. The van der Waals surface area contributed by atoms with Gasteiger partial charge >= 0.3 is 6.09 Å². The lowest BCUT2D eigenvalue weighted by Crippen LogP contribution is -2.42. The Morgan fingerprint density at radius 3 is 2.78 bits per heavy atom. The summed E-state index contributed by atoms with van der Waals surface area (Å²) in [6, 6.07) is 6.60. The largest absolute Gasteiger partial charge is 0.442 e. The Hall–Kier alpha value is -0.920. The third-order valence-electron chi connectivity index (χ3n) is 4.72. The summed E-state index contributed by atoms with van der Waals surface area (Å²) in [5, 5.41) is 0. The molecule has 0 aromatic carbocycles. The molecule has 0 unspecified atom stereocenters. The molecule has 1 aromatic heterocycles. The Labute approximate surface area is 145 Å². The average Bonchev–Trinajstić information content (AvgIpc) is 2.95. The maximum Gasteiger partial charge on any atom is 0.410 e. The molecule has 0 bridgehead atoms. The van der Waals surface area contributed by atoms with E-state index in [1.807, 2.05) is 46.6 Å². The van der Waals surface area contributed by atoms with Gasteiger partial charge in [-0.2, -0.15) is 23.5 Å².